The van der Waals surface area contributed by atoms with Crippen molar-refractivity contribution >= 4 is 22.7 Å². The molecule has 24 heavy (non-hydrogen) atoms. The highest BCUT2D eigenvalue weighted by atomic mass is 15.3. The second kappa shape index (κ2) is 6.07. The minimum Gasteiger partial charge on any atom is -0.370 e. The van der Waals surface area contributed by atoms with Gasteiger partial charge in [-0.3, -0.25) is 4.68 Å². The van der Waals surface area contributed by atoms with E-state index < -0.39 is 0 Å². The molecular formula is C17H21N7. The van der Waals surface area contributed by atoms with Crippen LogP contribution in [0.15, 0.2) is 30.7 Å². The molecule has 1 aliphatic rings. The van der Waals surface area contributed by atoms with Gasteiger partial charge in [0.05, 0.1) is 11.6 Å². The number of nitrogens with zero attached hydrogens (tertiary/aromatic N) is 6. The number of pyridine rings is 1. The van der Waals surface area contributed by atoms with Crippen molar-refractivity contribution in [1.29, 1.82) is 0 Å². The van der Waals surface area contributed by atoms with Gasteiger partial charge in [0.1, 0.15) is 18.0 Å². The maximum atomic E-state index is 4.50. The van der Waals surface area contributed by atoms with E-state index in [9.17, 15) is 0 Å². The van der Waals surface area contributed by atoms with E-state index in [2.05, 4.69) is 30.3 Å². The molecule has 1 saturated heterocycles. The van der Waals surface area contributed by atoms with E-state index in [1.165, 1.54) is 0 Å². The normalized spacial score (nSPS) is 17.6. The summed E-state index contributed by atoms with van der Waals surface area (Å²) in [7, 11) is 1.91. The molecule has 1 aliphatic heterocycles. The predicted octanol–water partition coefficient (Wildman–Crippen LogP) is 2.01. The Kier molecular flexibility index (Phi) is 3.76. The van der Waals surface area contributed by atoms with Crippen molar-refractivity contribution in [3.05, 3.63) is 36.4 Å². The van der Waals surface area contributed by atoms with Gasteiger partial charge < -0.3 is 10.2 Å². The van der Waals surface area contributed by atoms with Gasteiger partial charge in [-0.25, -0.2) is 15.0 Å². The monoisotopic (exact) mass is 323 g/mol. The molecule has 7 nitrogen and oxygen atoms in total. The Morgan fingerprint density at radius 3 is 3.08 bits per heavy atom. The lowest BCUT2D eigenvalue weighted by Crippen LogP contribution is -2.23. The molecule has 1 fully saturated rings. The summed E-state index contributed by atoms with van der Waals surface area (Å²) in [4.78, 5) is 15.6. The largest absolute Gasteiger partial charge is 0.370 e. The van der Waals surface area contributed by atoms with Gasteiger partial charge in [0.2, 0.25) is 0 Å². The quantitative estimate of drug-likeness (QED) is 0.792. The Morgan fingerprint density at radius 2 is 2.21 bits per heavy atom. The molecule has 4 heterocycles. The zero-order chi connectivity index (χ0) is 16.5. The number of fused-ring (bicyclic) bond motifs is 1. The van der Waals surface area contributed by atoms with Crippen LogP contribution < -0.4 is 10.2 Å². The van der Waals surface area contributed by atoms with Gasteiger partial charge >= 0.3 is 0 Å². The molecule has 0 bridgehead atoms. The second-order valence-corrected chi connectivity index (χ2v) is 6.35. The van der Waals surface area contributed by atoms with Crippen molar-refractivity contribution in [2.75, 3.05) is 29.9 Å². The van der Waals surface area contributed by atoms with Gasteiger partial charge in [0.25, 0.3) is 0 Å². The average molecular weight is 323 g/mol. The number of hydrogen-bond donors (Lipinski definition) is 1. The summed E-state index contributed by atoms with van der Waals surface area (Å²) < 4.78 is 1.79. The first-order valence-corrected chi connectivity index (χ1v) is 8.26. The zero-order valence-electron chi connectivity index (χ0n) is 14.0. The van der Waals surface area contributed by atoms with Crippen LogP contribution in [0.5, 0.6) is 0 Å². The van der Waals surface area contributed by atoms with Crippen molar-refractivity contribution in [1.82, 2.24) is 24.7 Å². The third kappa shape index (κ3) is 2.77. The SMILES string of the molecule is Cc1cccc(NC[C@@H]2CCN(c3ncnc4c3cnn4C)C2)n1. The van der Waals surface area contributed by atoms with Gasteiger partial charge in [-0.2, -0.15) is 5.10 Å². The Morgan fingerprint density at radius 1 is 1.29 bits per heavy atom. The van der Waals surface area contributed by atoms with Gasteiger partial charge in [0.15, 0.2) is 5.65 Å². The molecule has 4 rings (SSSR count). The fourth-order valence-corrected chi connectivity index (χ4v) is 3.28. The first-order valence-electron chi connectivity index (χ1n) is 8.26. The molecule has 0 radical (unpaired) electrons. The van der Waals surface area contributed by atoms with Crippen LogP contribution in [0.1, 0.15) is 12.1 Å². The zero-order valence-corrected chi connectivity index (χ0v) is 14.0. The van der Waals surface area contributed by atoms with Crippen LogP contribution in [0.3, 0.4) is 0 Å². The highest BCUT2D eigenvalue weighted by molar-refractivity contribution is 5.86. The van der Waals surface area contributed by atoms with Crippen molar-refractivity contribution in [3.63, 3.8) is 0 Å². The van der Waals surface area contributed by atoms with Crippen molar-refractivity contribution in [2.45, 2.75) is 13.3 Å². The maximum Gasteiger partial charge on any atom is 0.163 e. The summed E-state index contributed by atoms with van der Waals surface area (Å²) in [5.74, 6) is 2.52. The molecule has 7 heteroatoms. The molecule has 0 aromatic carbocycles. The Bertz CT molecular complexity index is 857. The van der Waals surface area contributed by atoms with Crippen LogP contribution >= 0.6 is 0 Å². The number of anilines is 2. The number of nitrogens with one attached hydrogen (secondary N) is 1. The van der Waals surface area contributed by atoms with E-state index in [1.54, 1.807) is 11.0 Å². The fourth-order valence-electron chi connectivity index (χ4n) is 3.28. The lowest BCUT2D eigenvalue weighted by Gasteiger charge is -2.18. The molecule has 1 atom stereocenters. The van der Waals surface area contributed by atoms with E-state index >= 15 is 0 Å². The molecule has 3 aromatic rings. The van der Waals surface area contributed by atoms with Crippen LogP contribution in [-0.2, 0) is 7.05 Å². The second-order valence-electron chi connectivity index (χ2n) is 6.35. The summed E-state index contributed by atoms with van der Waals surface area (Å²) in [5.41, 5.74) is 1.92. The molecule has 0 amide bonds. The minimum absolute atomic E-state index is 0.578. The minimum atomic E-state index is 0.578. The third-order valence-corrected chi connectivity index (χ3v) is 4.55. The fraction of sp³-hybridized carbons (Fsp3) is 0.412. The Labute approximate surface area is 140 Å². The molecule has 1 N–H and O–H groups in total. The lowest BCUT2D eigenvalue weighted by atomic mass is 10.1. The van der Waals surface area contributed by atoms with Crippen LogP contribution in [0.25, 0.3) is 11.0 Å². The van der Waals surface area contributed by atoms with Crippen molar-refractivity contribution in [2.24, 2.45) is 13.0 Å². The molecule has 0 saturated carbocycles. The molecule has 3 aromatic heterocycles. The Balaban J connectivity index is 1.44. The topological polar surface area (TPSA) is 71.8 Å². The summed E-state index contributed by atoms with van der Waals surface area (Å²) in [6.45, 7) is 4.93. The third-order valence-electron chi connectivity index (χ3n) is 4.55. The lowest BCUT2D eigenvalue weighted by molar-refractivity contribution is 0.621. The summed E-state index contributed by atoms with van der Waals surface area (Å²) in [5, 5.41) is 8.77. The maximum absolute atomic E-state index is 4.50. The first-order chi connectivity index (χ1) is 11.7. The van der Waals surface area contributed by atoms with Gasteiger partial charge in [-0.15, -0.1) is 0 Å². The summed E-state index contributed by atoms with van der Waals surface area (Å²) >= 11 is 0. The van der Waals surface area contributed by atoms with Gasteiger partial charge in [-0.1, -0.05) is 6.07 Å². The highest BCUT2D eigenvalue weighted by Gasteiger charge is 2.25. The van der Waals surface area contributed by atoms with Gasteiger partial charge in [-0.05, 0) is 31.4 Å². The van der Waals surface area contributed by atoms with Crippen LogP contribution in [0, 0.1) is 12.8 Å². The number of aromatic nitrogens is 5. The first kappa shape index (κ1) is 14.9. The standard InChI is InChI=1S/C17H21N7/c1-12-4-3-5-15(22-12)18-8-13-6-7-24(10-13)17-14-9-21-23(2)16(14)19-11-20-17/h3-5,9,11,13H,6-8,10H2,1-2H3,(H,18,22)/t13-/m0/s1. The molecule has 0 aliphatic carbocycles. The summed E-state index contributed by atoms with van der Waals surface area (Å²) in [6, 6.07) is 6.06. The number of aryl methyl sites for hydroxylation is 2. The molecular weight excluding hydrogens is 302 g/mol. The predicted molar refractivity (Wildman–Crippen MR) is 94.1 cm³/mol. The number of rotatable bonds is 4. The van der Waals surface area contributed by atoms with E-state index in [4.69, 9.17) is 0 Å². The van der Waals surface area contributed by atoms with Crippen LogP contribution in [0.4, 0.5) is 11.6 Å². The van der Waals surface area contributed by atoms with Crippen LogP contribution in [-0.4, -0.2) is 44.4 Å². The highest BCUT2D eigenvalue weighted by Crippen LogP contribution is 2.27. The van der Waals surface area contributed by atoms with Crippen LogP contribution in [0.2, 0.25) is 0 Å². The molecule has 124 valence electrons. The Hall–Kier alpha value is -2.70. The van der Waals surface area contributed by atoms with Gasteiger partial charge in [0, 0.05) is 32.4 Å². The van der Waals surface area contributed by atoms with E-state index in [-0.39, 0.29) is 0 Å². The molecule has 0 unspecified atom stereocenters. The smallest absolute Gasteiger partial charge is 0.163 e. The van der Waals surface area contributed by atoms with E-state index in [1.807, 2.05) is 38.4 Å². The van der Waals surface area contributed by atoms with E-state index in [0.717, 1.165) is 54.4 Å². The van der Waals surface area contributed by atoms with Crippen molar-refractivity contribution < 1.29 is 0 Å². The van der Waals surface area contributed by atoms with E-state index in [0.29, 0.717) is 5.92 Å². The number of hydrogen-bond acceptors (Lipinski definition) is 6. The molecule has 0 spiro atoms. The summed E-state index contributed by atoms with van der Waals surface area (Å²) in [6.07, 6.45) is 4.62. The van der Waals surface area contributed by atoms with Crippen molar-refractivity contribution in [3.8, 4) is 0 Å². The average Bonchev–Trinajstić information content (AvgIpc) is 3.20.